The Kier molecular flexibility index (Phi) is 6.69. The number of amides is 1. The molecule has 2 atom stereocenters. The van der Waals surface area contributed by atoms with Crippen LogP contribution < -0.4 is 10.1 Å². The lowest BCUT2D eigenvalue weighted by Crippen LogP contribution is -2.30. The first-order chi connectivity index (χ1) is 11.4. The van der Waals surface area contributed by atoms with Crippen LogP contribution in [0.2, 0.25) is 5.02 Å². The van der Waals surface area contributed by atoms with Crippen LogP contribution in [0.1, 0.15) is 38.7 Å². The summed E-state index contributed by atoms with van der Waals surface area (Å²) in [6.07, 6.45) is 0.349. The number of carbonyl (C=O) groups is 1. The molecule has 0 radical (unpaired) electrons. The molecule has 1 N–H and O–H groups in total. The zero-order valence-corrected chi connectivity index (χ0v) is 16.3. The van der Waals surface area contributed by atoms with Crippen LogP contribution in [0.5, 0.6) is 5.75 Å². The molecule has 2 aromatic rings. The van der Waals surface area contributed by atoms with Crippen LogP contribution in [0.3, 0.4) is 0 Å². The van der Waals surface area contributed by atoms with E-state index >= 15 is 0 Å². The monoisotopic (exact) mass is 409 g/mol. The third-order valence-electron chi connectivity index (χ3n) is 3.93. The maximum Gasteiger partial charge on any atom is 0.265 e. The minimum Gasteiger partial charge on any atom is -0.479 e. The average molecular weight is 411 g/mol. The molecule has 3 nitrogen and oxygen atoms in total. The van der Waals surface area contributed by atoms with Crippen LogP contribution in [0.4, 0.5) is 5.69 Å². The van der Waals surface area contributed by atoms with Crippen LogP contribution in [0, 0.1) is 0 Å². The van der Waals surface area contributed by atoms with Crippen molar-refractivity contribution < 1.29 is 9.53 Å². The minimum absolute atomic E-state index is 0.204. The fraction of sp³-hybridized carbons (Fsp3) is 0.316. The minimum atomic E-state index is -0.659. The summed E-state index contributed by atoms with van der Waals surface area (Å²) in [5.41, 5.74) is 1.96. The molecule has 0 aliphatic heterocycles. The summed E-state index contributed by atoms with van der Waals surface area (Å²) in [4.78, 5) is 12.5. The van der Waals surface area contributed by atoms with Crippen molar-refractivity contribution in [2.75, 3.05) is 5.32 Å². The van der Waals surface area contributed by atoms with E-state index in [1.54, 1.807) is 19.1 Å². The summed E-state index contributed by atoms with van der Waals surface area (Å²) in [5.74, 6) is 0.654. The number of hydrogen-bond acceptors (Lipinski definition) is 2. The van der Waals surface area contributed by atoms with Gasteiger partial charge in [-0.1, -0.05) is 59.6 Å². The number of hydrogen-bond donors (Lipinski definition) is 1. The number of benzene rings is 2. The van der Waals surface area contributed by atoms with E-state index in [1.807, 2.05) is 30.3 Å². The molecule has 0 spiro atoms. The lowest BCUT2D eigenvalue weighted by Gasteiger charge is -2.19. The first kappa shape index (κ1) is 18.8. The molecule has 0 bridgehead atoms. The molecule has 0 aromatic heterocycles. The van der Waals surface area contributed by atoms with Crippen molar-refractivity contribution >= 4 is 39.1 Å². The fourth-order valence-corrected chi connectivity index (χ4v) is 3.03. The second-order valence-electron chi connectivity index (χ2n) is 5.72. The maximum absolute atomic E-state index is 12.5. The highest BCUT2D eigenvalue weighted by atomic mass is 79.9. The van der Waals surface area contributed by atoms with Gasteiger partial charge >= 0.3 is 0 Å². The SMILES string of the molecule is CC[C@H](C)c1ccccc1NC(=O)[C@@H](C)Oc1ccc(Br)cc1Cl. The van der Waals surface area contributed by atoms with E-state index in [-0.39, 0.29) is 5.91 Å². The van der Waals surface area contributed by atoms with E-state index in [1.165, 1.54) is 0 Å². The van der Waals surface area contributed by atoms with E-state index in [2.05, 4.69) is 35.1 Å². The molecular weight excluding hydrogens is 390 g/mol. The van der Waals surface area contributed by atoms with Gasteiger partial charge in [0, 0.05) is 10.2 Å². The van der Waals surface area contributed by atoms with Crippen molar-refractivity contribution in [2.45, 2.75) is 39.2 Å². The van der Waals surface area contributed by atoms with Gasteiger partial charge in [-0.15, -0.1) is 0 Å². The quantitative estimate of drug-likeness (QED) is 0.632. The zero-order chi connectivity index (χ0) is 17.7. The van der Waals surface area contributed by atoms with Gasteiger partial charge in [-0.3, -0.25) is 4.79 Å². The molecule has 0 saturated heterocycles. The van der Waals surface area contributed by atoms with E-state index in [0.29, 0.717) is 16.7 Å². The van der Waals surface area contributed by atoms with Crippen molar-refractivity contribution in [2.24, 2.45) is 0 Å². The zero-order valence-electron chi connectivity index (χ0n) is 14.0. The average Bonchev–Trinajstić information content (AvgIpc) is 2.57. The van der Waals surface area contributed by atoms with Gasteiger partial charge in [0.15, 0.2) is 6.10 Å². The standard InChI is InChI=1S/C19H21BrClNO2/c1-4-12(2)15-7-5-6-8-17(15)22-19(23)13(3)24-18-10-9-14(20)11-16(18)21/h5-13H,4H2,1-3H3,(H,22,23)/t12-,13+/m0/s1. The molecule has 5 heteroatoms. The van der Waals surface area contributed by atoms with Crippen LogP contribution in [0.15, 0.2) is 46.9 Å². The van der Waals surface area contributed by atoms with Crippen LogP contribution in [-0.4, -0.2) is 12.0 Å². The molecule has 0 saturated carbocycles. The Morgan fingerprint density at radius 2 is 1.96 bits per heavy atom. The number of halogens is 2. The van der Waals surface area contributed by atoms with E-state index in [0.717, 1.165) is 22.1 Å². The summed E-state index contributed by atoms with van der Waals surface area (Å²) in [6.45, 7) is 5.98. The molecule has 0 unspecified atom stereocenters. The molecular formula is C19H21BrClNO2. The number of ether oxygens (including phenoxy) is 1. The Bertz CT molecular complexity index is 720. The van der Waals surface area contributed by atoms with Gasteiger partial charge in [0.05, 0.1) is 5.02 Å². The highest BCUT2D eigenvalue weighted by Gasteiger charge is 2.18. The van der Waals surface area contributed by atoms with Gasteiger partial charge in [0.25, 0.3) is 5.91 Å². The summed E-state index contributed by atoms with van der Waals surface area (Å²) >= 11 is 9.48. The Balaban J connectivity index is 2.09. The van der Waals surface area contributed by atoms with Crippen LogP contribution in [0.25, 0.3) is 0 Å². The summed E-state index contributed by atoms with van der Waals surface area (Å²) in [5, 5.41) is 3.42. The molecule has 2 rings (SSSR count). The molecule has 2 aromatic carbocycles. The van der Waals surface area contributed by atoms with Gasteiger partial charge < -0.3 is 10.1 Å². The van der Waals surface area contributed by atoms with Gasteiger partial charge in [0.1, 0.15) is 5.75 Å². The number of para-hydroxylation sites is 1. The number of anilines is 1. The molecule has 1 amide bonds. The van der Waals surface area contributed by atoms with Crippen molar-refractivity contribution in [1.29, 1.82) is 0 Å². The summed E-state index contributed by atoms with van der Waals surface area (Å²) in [6, 6.07) is 13.2. The Labute approximate surface area is 156 Å². The first-order valence-electron chi connectivity index (χ1n) is 7.93. The van der Waals surface area contributed by atoms with Crippen molar-refractivity contribution in [3.8, 4) is 5.75 Å². The largest absolute Gasteiger partial charge is 0.479 e. The Morgan fingerprint density at radius 1 is 1.25 bits per heavy atom. The predicted octanol–water partition coefficient (Wildman–Crippen LogP) is 6.02. The highest BCUT2D eigenvalue weighted by Crippen LogP contribution is 2.29. The fourth-order valence-electron chi connectivity index (χ4n) is 2.31. The number of nitrogens with one attached hydrogen (secondary N) is 1. The third kappa shape index (κ3) is 4.74. The topological polar surface area (TPSA) is 38.3 Å². The van der Waals surface area contributed by atoms with Crippen LogP contribution >= 0.6 is 27.5 Å². The van der Waals surface area contributed by atoms with Crippen molar-refractivity contribution in [3.63, 3.8) is 0 Å². The Morgan fingerprint density at radius 3 is 2.62 bits per heavy atom. The van der Waals surface area contributed by atoms with E-state index in [4.69, 9.17) is 16.3 Å². The Hall–Kier alpha value is -1.52. The second kappa shape index (κ2) is 8.54. The normalized spacial score (nSPS) is 13.2. The highest BCUT2D eigenvalue weighted by molar-refractivity contribution is 9.10. The molecule has 0 aliphatic carbocycles. The first-order valence-corrected chi connectivity index (χ1v) is 9.11. The lowest BCUT2D eigenvalue weighted by atomic mass is 9.97. The van der Waals surface area contributed by atoms with Crippen molar-refractivity contribution in [1.82, 2.24) is 0 Å². The molecule has 128 valence electrons. The van der Waals surface area contributed by atoms with E-state index in [9.17, 15) is 4.79 Å². The molecule has 24 heavy (non-hydrogen) atoms. The maximum atomic E-state index is 12.5. The van der Waals surface area contributed by atoms with Crippen molar-refractivity contribution in [3.05, 3.63) is 57.5 Å². The number of carbonyl (C=O) groups excluding carboxylic acids is 1. The number of rotatable bonds is 6. The van der Waals surface area contributed by atoms with Gasteiger partial charge in [-0.2, -0.15) is 0 Å². The van der Waals surface area contributed by atoms with E-state index < -0.39 is 6.10 Å². The smallest absolute Gasteiger partial charge is 0.265 e. The summed E-state index contributed by atoms with van der Waals surface area (Å²) < 4.78 is 6.56. The van der Waals surface area contributed by atoms with Crippen LogP contribution in [-0.2, 0) is 4.79 Å². The third-order valence-corrected chi connectivity index (χ3v) is 4.72. The summed E-state index contributed by atoms with van der Waals surface area (Å²) in [7, 11) is 0. The van der Waals surface area contributed by atoms with Gasteiger partial charge in [0.2, 0.25) is 0 Å². The molecule has 0 fully saturated rings. The lowest BCUT2D eigenvalue weighted by molar-refractivity contribution is -0.122. The molecule has 0 heterocycles. The predicted molar refractivity (Wildman–Crippen MR) is 103 cm³/mol. The van der Waals surface area contributed by atoms with Gasteiger partial charge in [-0.25, -0.2) is 0 Å². The second-order valence-corrected chi connectivity index (χ2v) is 7.04. The van der Waals surface area contributed by atoms with Gasteiger partial charge in [-0.05, 0) is 49.1 Å². The molecule has 0 aliphatic rings.